The zero-order chi connectivity index (χ0) is 14.8. The molecule has 2 aliphatic rings. The number of piperidine rings is 1. The molecule has 0 aromatic heterocycles. The summed E-state index contributed by atoms with van der Waals surface area (Å²) in [5.74, 6) is 1.47. The van der Waals surface area contributed by atoms with Gasteiger partial charge in [-0.2, -0.15) is 0 Å². The molecule has 2 atom stereocenters. The fourth-order valence-corrected chi connectivity index (χ4v) is 3.72. The normalized spacial score (nSPS) is 30.7. The van der Waals surface area contributed by atoms with Crippen molar-refractivity contribution in [3.63, 3.8) is 0 Å². The summed E-state index contributed by atoms with van der Waals surface area (Å²) in [6.07, 6.45) is 5.62. The summed E-state index contributed by atoms with van der Waals surface area (Å²) in [6.45, 7) is 10.1. The van der Waals surface area contributed by atoms with Crippen LogP contribution in [0.4, 0.5) is 0 Å². The number of carbonyl (C=O) groups is 1. The van der Waals surface area contributed by atoms with E-state index >= 15 is 0 Å². The molecule has 0 N–H and O–H groups in total. The van der Waals surface area contributed by atoms with E-state index in [9.17, 15) is 4.79 Å². The van der Waals surface area contributed by atoms with Gasteiger partial charge in [-0.15, -0.1) is 0 Å². The highest BCUT2D eigenvalue weighted by molar-refractivity contribution is 5.82. The molecular formula is C17H31NO2. The molecule has 1 aliphatic heterocycles. The van der Waals surface area contributed by atoms with E-state index in [1.165, 1.54) is 0 Å². The lowest BCUT2D eigenvalue weighted by Crippen LogP contribution is -2.43. The third-order valence-electron chi connectivity index (χ3n) is 5.33. The van der Waals surface area contributed by atoms with Crippen molar-refractivity contribution in [2.45, 2.75) is 59.0 Å². The van der Waals surface area contributed by atoms with Gasteiger partial charge in [0.25, 0.3) is 0 Å². The Morgan fingerprint density at radius 1 is 1.20 bits per heavy atom. The van der Waals surface area contributed by atoms with Crippen LogP contribution in [0.25, 0.3) is 0 Å². The van der Waals surface area contributed by atoms with Gasteiger partial charge in [0.15, 0.2) is 0 Å². The molecule has 0 bridgehead atoms. The van der Waals surface area contributed by atoms with Crippen molar-refractivity contribution < 1.29 is 9.53 Å². The maximum absolute atomic E-state index is 12.2. The van der Waals surface area contributed by atoms with E-state index in [-0.39, 0.29) is 5.92 Å². The van der Waals surface area contributed by atoms with Gasteiger partial charge in [0.1, 0.15) is 5.78 Å². The van der Waals surface area contributed by atoms with Crippen LogP contribution >= 0.6 is 0 Å². The summed E-state index contributed by atoms with van der Waals surface area (Å²) in [7, 11) is 1.80. The molecule has 1 saturated heterocycles. The summed E-state index contributed by atoms with van der Waals surface area (Å²) in [6, 6.07) is 0. The Kier molecular flexibility index (Phi) is 5.25. The fourth-order valence-electron chi connectivity index (χ4n) is 3.72. The molecule has 2 fully saturated rings. The number of methoxy groups -OCH3 is 1. The standard InChI is InChI=1S/C17H31NO2/c1-17(2,3)14-5-6-16(19)13(11-14)12-18-9-7-15(20-4)8-10-18/h13-15H,5-12H2,1-4H3. The molecule has 1 saturated carbocycles. The molecule has 116 valence electrons. The number of likely N-dealkylation sites (tertiary alicyclic amines) is 1. The quantitative estimate of drug-likeness (QED) is 0.796. The molecule has 0 aromatic carbocycles. The molecule has 0 radical (unpaired) electrons. The number of nitrogens with zero attached hydrogens (tertiary/aromatic N) is 1. The second kappa shape index (κ2) is 6.57. The minimum absolute atomic E-state index is 0.270. The van der Waals surface area contributed by atoms with Gasteiger partial charge >= 0.3 is 0 Å². The number of hydrogen-bond donors (Lipinski definition) is 0. The van der Waals surface area contributed by atoms with E-state index in [0.29, 0.717) is 23.2 Å². The maximum atomic E-state index is 12.2. The third-order valence-corrected chi connectivity index (χ3v) is 5.33. The molecule has 1 aliphatic carbocycles. The highest BCUT2D eigenvalue weighted by Gasteiger charge is 2.36. The van der Waals surface area contributed by atoms with Gasteiger partial charge in [0.2, 0.25) is 0 Å². The lowest BCUT2D eigenvalue weighted by molar-refractivity contribution is -0.127. The first kappa shape index (κ1) is 16.0. The number of hydrogen-bond acceptors (Lipinski definition) is 3. The van der Waals surface area contributed by atoms with E-state index in [2.05, 4.69) is 25.7 Å². The Morgan fingerprint density at radius 2 is 1.85 bits per heavy atom. The molecule has 3 heteroatoms. The van der Waals surface area contributed by atoms with Crippen molar-refractivity contribution >= 4 is 5.78 Å². The monoisotopic (exact) mass is 281 g/mol. The van der Waals surface area contributed by atoms with Crippen LogP contribution < -0.4 is 0 Å². The smallest absolute Gasteiger partial charge is 0.137 e. The van der Waals surface area contributed by atoms with Crippen molar-refractivity contribution in [1.29, 1.82) is 0 Å². The Morgan fingerprint density at radius 3 is 2.40 bits per heavy atom. The summed E-state index contributed by atoms with van der Waals surface area (Å²) < 4.78 is 5.42. The zero-order valence-electron chi connectivity index (χ0n) is 13.7. The first-order chi connectivity index (χ1) is 9.40. The van der Waals surface area contributed by atoms with Crippen LogP contribution in [0.1, 0.15) is 52.9 Å². The van der Waals surface area contributed by atoms with E-state index in [1.54, 1.807) is 7.11 Å². The largest absolute Gasteiger partial charge is 0.381 e. The maximum Gasteiger partial charge on any atom is 0.137 e. The molecule has 1 heterocycles. The van der Waals surface area contributed by atoms with Crippen molar-refractivity contribution in [2.24, 2.45) is 17.3 Å². The Hall–Kier alpha value is -0.410. The van der Waals surface area contributed by atoms with Crippen molar-refractivity contribution in [3.05, 3.63) is 0 Å². The van der Waals surface area contributed by atoms with Gasteiger partial charge in [0, 0.05) is 39.1 Å². The minimum Gasteiger partial charge on any atom is -0.381 e. The van der Waals surface area contributed by atoms with Crippen LogP contribution in [-0.4, -0.2) is 43.5 Å². The Bertz CT molecular complexity index is 326. The fraction of sp³-hybridized carbons (Fsp3) is 0.941. The van der Waals surface area contributed by atoms with Crippen LogP contribution in [0.5, 0.6) is 0 Å². The molecule has 3 nitrogen and oxygen atoms in total. The molecule has 2 unspecified atom stereocenters. The number of ether oxygens (including phenoxy) is 1. The number of rotatable bonds is 3. The number of ketones is 1. The first-order valence-corrected chi connectivity index (χ1v) is 8.18. The number of Topliss-reactive ketones (excluding diaryl/α,β-unsaturated/α-hetero) is 1. The van der Waals surface area contributed by atoms with Gasteiger partial charge in [0.05, 0.1) is 6.10 Å². The lowest BCUT2D eigenvalue weighted by Gasteiger charge is -2.39. The molecule has 0 amide bonds. The summed E-state index contributed by atoms with van der Waals surface area (Å²) >= 11 is 0. The predicted molar refractivity (Wildman–Crippen MR) is 81.8 cm³/mol. The zero-order valence-corrected chi connectivity index (χ0v) is 13.7. The van der Waals surface area contributed by atoms with Gasteiger partial charge in [-0.05, 0) is 37.0 Å². The molecule has 2 rings (SSSR count). The van der Waals surface area contributed by atoms with Crippen LogP contribution in [0.15, 0.2) is 0 Å². The average molecular weight is 281 g/mol. The Labute approximate surface area is 124 Å². The topological polar surface area (TPSA) is 29.5 Å². The van der Waals surface area contributed by atoms with Crippen LogP contribution in [-0.2, 0) is 9.53 Å². The van der Waals surface area contributed by atoms with Crippen molar-refractivity contribution in [1.82, 2.24) is 4.90 Å². The van der Waals surface area contributed by atoms with Crippen LogP contribution in [0.3, 0.4) is 0 Å². The van der Waals surface area contributed by atoms with Crippen LogP contribution in [0, 0.1) is 17.3 Å². The lowest BCUT2D eigenvalue weighted by atomic mass is 9.68. The van der Waals surface area contributed by atoms with Gasteiger partial charge in [-0.25, -0.2) is 0 Å². The van der Waals surface area contributed by atoms with E-state index in [1.807, 2.05) is 0 Å². The van der Waals surface area contributed by atoms with Gasteiger partial charge in [-0.1, -0.05) is 20.8 Å². The summed E-state index contributed by atoms with van der Waals surface area (Å²) in [5, 5.41) is 0. The summed E-state index contributed by atoms with van der Waals surface area (Å²) in [4.78, 5) is 14.7. The van der Waals surface area contributed by atoms with Gasteiger partial charge in [-0.3, -0.25) is 4.79 Å². The predicted octanol–water partition coefficient (Wildman–Crippen LogP) is 3.13. The highest BCUT2D eigenvalue weighted by atomic mass is 16.5. The number of carbonyl (C=O) groups excluding carboxylic acids is 1. The minimum atomic E-state index is 0.270. The van der Waals surface area contributed by atoms with E-state index in [0.717, 1.165) is 51.7 Å². The third kappa shape index (κ3) is 4.05. The first-order valence-electron chi connectivity index (χ1n) is 8.18. The molecular weight excluding hydrogens is 250 g/mol. The second-order valence-corrected chi connectivity index (χ2v) is 7.74. The Balaban J connectivity index is 1.86. The molecule has 0 spiro atoms. The van der Waals surface area contributed by atoms with Gasteiger partial charge < -0.3 is 9.64 Å². The second-order valence-electron chi connectivity index (χ2n) is 7.74. The highest BCUT2D eigenvalue weighted by Crippen LogP contribution is 2.39. The van der Waals surface area contributed by atoms with Crippen molar-refractivity contribution in [2.75, 3.05) is 26.7 Å². The van der Waals surface area contributed by atoms with Crippen LogP contribution in [0.2, 0.25) is 0 Å². The average Bonchev–Trinajstić information content (AvgIpc) is 2.41. The van der Waals surface area contributed by atoms with E-state index < -0.39 is 0 Å². The molecule has 20 heavy (non-hydrogen) atoms. The summed E-state index contributed by atoms with van der Waals surface area (Å²) in [5.41, 5.74) is 0.335. The van der Waals surface area contributed by atoms with Crippen molar-refractivity contribution in [3.8, 4) is 0 Å². The van der Waals surface area contributed by atoms with E-state index in [4.69, 9.17) is 4.74 Å². The SMILES string of the molecule is COC1CCN(CC2CC(C(C)(C)C)CCC2=O)CC1. The molecule has 0 aromatic rings.